The molecule has 0 aliphatic rings. The number of aliphatic hydroxyl groups excluding tert-OH is 1. The number of rotatable bonds is 5. The maximum atomic E-state index is 9.42. The molecule has 1 N–H and O–H groups in total. The molecule has 2 aromatic rings. The molecule has 94 valence electrons. The highest BCUT2D eigenvalue weighted by Crippen LogP contribution is 2.20. The molecule has 3 nitrogen and oxygen atoms in total. The summed E-state index contributed by atoms with van der Waals surface area (Å²) >= 11 is 3.39. The van der Waals surface area contributed by atoms with Crippen molar-refractivity contribution in [3.05, 3.63) is 58.8 Å². The Morgan fingerprint density at radius 2 is 2.00 bits per heavy atom. The lowest BCUT2D eigenvalue weighted by Crippen LogP contribution is -2.14. The molecule has 1 atom stereocenters. The van der Waals surface area contributed by atoms with E-state index >= 15 is 0 Å². The predicted octanol–water partition coefficient (Wildman–Crippen LogP) is 3.00. The second-order valence-corrected chi connectivity index (χ2v) is 4.85. The van der Waals surface area contributed by atoms with Crippen molar-refractivity contribution >= 4 is 15.9 Å². The number of pyridine rings is 1. The van der Waals surface area contributed by atoms with Crippen LogP contribution >= 0.6 is 15.9 Å². The van der Waals surface area contributed by atoms with E-state index in [1.807, 2.05) is 36.4 Å². The summed E-state index contributed by atoms with van der Waals surface area (Å²) in [6.07, 6.45) is 3.36. The van der Waals surface area contributed by atoms with Gasteiger partial charge in [0.1, 0.15) is 5.75 Å². The van der Waals surface area contributed by atoms with Crippen molar-refractivity contribution in [3.8, 4) is 5.75 Å². The van der Waals surface area contributed by atoms with E-state index in [1.54, 1.807) is 12.4 Å². The van der Waals surface area contributed by atoms with Crippen molar-refractivity contribution in [3.63, 3.8) is 0 Å². The second-order valence-electron chi connectivity index (χ2n) is 3.93. The van der Waals surface area contributed by atoms with Gasteiger partial charge in [0.25, 0.3) is 0 Å². The van der Waals surface area contributed by atoms with Crippen LogP contribution in [0.25, 0.3) is 0 Å². The van der Waals surface area contributed by atoms with Gasteiger partial charge in [-0.15, -0.1) is 0 Å². The quantitative estimate of drug-likeness (QED) is 0.923. The molecule has 4 heteroatoms. The Kier molecular flexibility index (Phi) is 4.73. The van der Waals surface area contributed by atoms with Crippen LogP contribution in [0.1, 0.15) is 11.5 Å². The maximum absolute atomic E-state index is 9.42. The highest BCUT2D eigenvalue weighted by atomic mass is 79.9. The van der Waals surface area contributed by atoms with Gasteiger partial charge in [0.15, 0.2) is 0 Å². The monoisotopic (exact) mass is 307 g/mol. The summed E-state index contributed by atoms with van der Waals surface area (Å²) in [6.45, 7) is 0.492. The van der Waals surface area contributed by atoms with Crippen LogP contribution in [-0.4, -0.2) is 23.3 Å². The van der Waals surface area contributed by atoms with Gasteiger partial charge in [0.2, 0.25) is 0 Å². The van der Waals surface area contributed by atoms with E-state index in [0.29, 0.717) is 12.4 Å². The third-order valence-corrected chi connectivity index (χ3v) is 3.18. The molecule has 1 unspecified atom stereocenters. The fourth-order valence-corrected chi connectivity index (χ4v) is 1.88. The molecular formula is C14H14BrNO2. The molecule has 0 spiro atoms. The third kappa shape index (κ3) is 3.55. The van der Waals surface area contributed by atoms with Crippen LogP contribution in [0.5, 0.6) is 5.75 Å². The minimum Gasteiger partial charge on any atom is -0.491 e. The topological polar surface area (TPSA) is 42.4 Å². The molecular weight excluding hydrogens is 294 g/mol. The van der Waals surface area contributed by atoms with Crippen LogP contribution < -0.4 is 4.74 Å². The first-order valence-electron chi connectivity index (χ1n) is 5.68. The van der Waals surface area contributed by atoms with E-state index in [9.17, 15) is 5.11 Å². The Hall–Kier alpha value is -1.39. The summed E-state index contributed by atoms with van der Waals surface area (Å²) in [5.74, 6) is 0.686. The summed E-state index contributed by atoms with van der Waals surface area (Å²) in [4.78, 5) is 3.98. The Labute approximate surface area is 115 Å². The van der Waals surface area contributed by atoms with Crippen molar-refractivity contribution in [2.24, 2.45) is 0 Å². The van der Waals surface area contributed by atoms with E-state index in [2.05, 4.69) is 20.9 Å². The smallest absolute Gasteiger partial charge is 0.137 e. The zero-order valence-electron chi connectivity index (χ0n) is 9.79. The number of hydrogen-bond acceptors (Lipinski definition) is 3. The van der Waals surface area contributed by atoms with Gasteiger partial charge in [-0.3, -0.25) is 4.98 Å². The molecule has 18 heavy (non-hydrogen) atoms. The minimum atomic E-state index is -0.0293. The summed E-state index contributed by atoms with van der Waals surface area (Å²) in [7, 11) is 0. The van der Waals surface area contributed by atoms with Crippen molar-refractivity contribution in [2.75, 3.05) is 13.2 Å². The average molecular weight is 308 g/mol. The number of aliphatic hydroxyl groups is 1. The van der Waals surface area contributed by atoms with Crippen LogP contribution in [-0.2, 0) is 0 Å². The van der Waals surface area contributed by atoms with Crippen LogP contribution in [0.3, 0.4) is 0 Å². The lowest BCUT2D eigenvalue weighted by Gasteiger charge is -2.15. The van der Waals surface area contributed by atoms with Crippen molar-refractivity contribution in [1.29, 1.82) is 0 Å². The SMILES string of the molecule is OCC(COc1cccnc1)c1ccc(Br)cc1. The lowest BCUT2D eigenvalue weighted by atomic mass is 10.0. The molecule has 1 aromatic heterocycles. The van der Waals surface area contributed by atoms with E-state index < -0.39 is 0 Å². The zero-order chi connectivity index (χ0) is 12.8. The highest BCUT2D eigenvalue weighted by molar-refractivity contribution is 9.10. The Balaban J connectivity index is 1.99. The number of halogens is 1. The predicted molar refractivity (Wildman–Crippen MR) is 73.7 cm³/mol. The van der Waals surface area contributed by atoms with E-state index in [0.717, 1.165) is 10.0 Å². The second kappa shape index (κ2) is 6.52. The van der Waals surface area contributed by atoms with Crippen LogP contribution in [0.15, 0.2) is 53.3 Å². The number of nitrogens with zero attached hydrogens (tertiary/aromatic N) is 1. The van der Waals surface area contributed by atoms with Crippen LogP contribution in [0.4, 0.5) is 0 Å². The molecule has 0 aliphatic heterocycles. The van der Waals surface area contributed by atoms with Gasteiger partial charge in [-0.2, -0.15) is 0 Å². The first kappa shape index (κ1) is 13.1. The standard InChI is InChI=1S/C14H14BrNO2/c15-13-5-3-11(4-6-13)12(9-17)10-18-14-2-1-7-16-8-14/h1-8,12,17H,9-10H2. The van der Waals surface area contributed by atoms with Crippen LogP contribution in [0, 0.1) is 0 Å². The van der Waals surface area contributed by atoms with Gasteiger partial charge in [-0.1, -0.05) is 28.1 Å². The third-order valence-electron chi connectivity index (χ3n) is 2.65. The summed E-state index contributed by atoms with van der Waals surface area (Å²) in [5.41, 5.74) is 1.06. The normalized spacial score (nSPS) is 12.1. The average Bonchev–Trinajstić information content (AvgIpc) is 2.42. The van der Waals surface area contributed by atoms with Gasteiger partial charge in [0.05, 0.1) is 19.4 Å². The molecule has 0 amide bonds. The molecule has 0 saturated heterocycles. The molecule has 0 saturated carbocycles. The summed E-state index contributed by atoms with van der Waals surface area (Å²) < 4.78 is 6.63. The van der Waals surface area contributed by atoms with Crippen molar-refractivity contribution < 1.29 is 9.84 Å². The van der Waals surface area contributed by atoms with Gasteiger partial charge < -0.3 is 9.84 Å². The van der Waals surface area contributed by atoms with E-state index in [-0.39, 0.29) is 12.5 Å². The molecule has 1 heterocycles. The van der Waals surface area contributed by atoms with Gasteiger partial charge >= 0.3 is 0 Å². The molecule has 1 aromatic carbocycles. The van der Waals surface area contributed by atoms with Gasteiger partial charge in [-0.25, -0.2) is 0 Å². The minimum absolute atomic E-state index is 0.0293. The number of aromatic nitrogens is 1. The van der Waals surface area contributed by atoms with Crippen molar-refractivity contribution in [1.82, 2.24) is 4.98 Å². The fourth-order valence-electron chi connectivity index (χ4n) is 1.62. The number of benzene rings is 1. The van der Waals surface area contributed by atoms with Crippen molar-refractivity contribution in [2.45, 2.75) is 5.92 Å². The first-order chi connectivity index (χ1) is 8.79. The largest absolute Gasteiger partial charge is 0.491 e. The van der Waals surface area contributed by atoms with Crippen LogP contribution in [0.2, 0.25) is 0 Å². The number of ether oxygens (including phenoxy) is 1. The van der Waals surface area contributed by atoms with Gasteiger partial charge in [0, 0.05) is 16.6 Å². The van der Waals surface area contributed by atoms with E-state index in [4.69, 9.17) is 4.74 Å². The zero-order valence-corrected chi connectivity index (χ0v) is 11.4. The summed E-state index contributed by atoms with van der Waals surface area (Å²) in [6, 6.07) is 11.6. The molecule has 0 radical (unpaired) electrons. The van der Waals surface area contributed by atoms with E-state index in [1.165, 1.54) is 0 Å². The Morgan fingerprint density at radius 1 is 1.22 bits per heavy atom. The molecule has 2 rings (SSSR count). The fraction of sp³-hybridized carbons (Fsp3) is 0.214. The van der Waals surface area contributed by atoms with Gasteiger partial charge in [-0.05, 0) is 29.8 Å². The first-order valence-corrected chi connectivity index (χ1v) is 6.48. The Morgan fingerprint density at radius 3 is 2.61 bits per heavy atom. The number of hydrogen-bond donors (Lipinski definition) is 1. The summed E-state index contributed by atoms with van der Waals surface area (Å²) in [5, 5.41) is 9.42. The molecule has 0 bridgehead atoms. The molecule has 0 fully saturated rings. The molecule has 0 aliphatic carbocycles. The Bertz CT molecular complexity index is 473. The highest BCUT2D eigenvalue weighted by Gasteiger charge is 2.11. The lowest BCUT2D eigenvalue weighted by molar-refractivity contribution is 0.204. The maximum Gasteiger partial charge on any atom is 0.137 e.